The SMILES string of the molecule is COc1ccc(P(C#Cc2ccccc2)c2ccc(OC)cc2)cc1. The maximum Gasteiger partial charge on any atom is 0.118 e. The molecule has 124 valence electrons. The van der Waals surface area contributed by atoms with Gasteiger partial charge in [-0.3, -0.25) is 0 Å². The molecule has 0 atom stereocenters. The molecule has 3 heteroatoms. The minimum absolute atomic E-state index is 0.782. The second-order valence-corrected chi connectivity index (χ2v) is 7.26. The molecular weight excluding hydrogens is 327 g/mol. The standard InChI is InChI=1S/C22H19O2P/c1-23-19-8-12-21(13-9-19)25(17-16-18-6-4-3-5-7-18)22-14-10-20(24-2)11-15-22/h3-15H,1-2H3. The highest BCUT2D eigenvalue weighted by Crippen LogP contribution is 2.33. The first kappa shape index (κ1) is 17.1. The Morgan fingerprint density at radius 1 is 0.640 bits per heavy atom. The summed E-state index contributed by atoms with van der Waals surface area (Å²) in [7, 11) is 2.57. The van der Waals surface area contributed by atoms with Gasteiger partial charge in [0.25, 0.3) is 0 Å². The Morgan fingerprint density at radius 3 is 1.56 bits per heavy atom. The van der Waals surface area contributed by atoms with Crippen molar-refractivity contribution in [3.8, 4) is 23.1 Å². The summed E-state index contributed by atoms with van der Waals surface area (Å²) in [6.45, 7) is 0. The minimum Gasteiger partial charge on any atom is -0.497 e. The molecule has 25 heavy (non-hydrogen) atoms. The van der Waals surface area contributed by atoms with Gasteiger partial charge in [0.15, 0.2) is 0 Å². The fourth-order valence-electron chi connectivity index (χ4n) is 2.38. The molecule has 0 fully saturated rings. The Morgan fingerprint density at radius 2 is 1.12 bits per heavy atom. The summed E-state index contributed by atoms with van der Waals surface area (Å²) in [6.07, 6.45) is 0. The molecule has 3 rings (SSSR count). The predicted molar refractivity (Wildman–Crippen MR) is 105 cm³/mol. The second-order valence-electron chi connectivity index (χ2n) is 5.33. The largest absolute Gasteiger partial charge is 0.497 e. The first-order chi connectivity index (χ1) is 12.3. The van der Waals surface area contributed by atoms with Crippen LogP contribution in [0.3, 0.4) is 0 Å². The summed E-state index contributed by atoms with van der Waals surface area (Å²) < 4.78 is 10.5. The van der Waals surface area contributed by atoms with Crippen molar-refractivity contribution in [2.75, 3.05) is 14.2 Å². The molecule has 0 saturated heterocycles. The van der Waals surface area contributed by atoms with E-state index in [-0.39, 0.29) is 0 Å². The highest BCUT2D eigenvalue weighted by Gasteiger charge is 2.12. The number of rotatable bonds is 4. The molecule has 0 amide bonds. The van der Waals surface area contributed by atoms with Crippen LogP contribution in [0.2, 0.25) is 0 Å². The van der Waals surface area contributed by atoms with Crippen LogP contribution in [0.4, 0.5) is 0 Å². The van der Waals surface area contributed by atoms with Crippen LogP contribution in [0, 0.1) is 11.6 Å². The lowest BCUT2D eigenvalue weighted by molar-refractivity contribution is 0.415. The van der Waals surface area contributed by atoms with E-state index in [2.05, 4.69) is 35.8 Å². The zero-order chi connectivity index (χ0) is 17.5. The van der Waals surface area contributed by atoms with E-state index in [0.29, 0.717) is 0 Å². The molecule has 0 bridgehead atoms. The van der Waals surface area contributed by atoms with Gasteiger partial charge in [0.05, 0.1) is 14.2 Å². The molecule has 0 heterocycles. The van der Waals surface area contributed by atoms with Gasteiger partial charge in [0.2, 0.25) is 0 Å². The maximum absolute atomic E-state index is 5.27. The Kier molecular flexibility index (Phi) is 5.73. The summed E-state index contributed by atoms with van der Waals surface area (Å²) in [5.41, 5.74) is 4.50. The van der Waals surface area contributed by atoms with Gasteiger partial charge in [-0.25, -0.2) is 0 Å². The van der Waals surface area contributed by atoms with Gasteiger partial charge >= 0.3 is 0 Å². The summed E-state index contributed by atoms with van der Waals surface area (Å²) in [5.74, 6) is 5.02. The quantitative estimate of drug-likeness (QED) is 0.522. The van der Waals surface area contributed by atoms with Crippen molar-refractivity contribution in [1.29, 1.82) is 0 Å². The highest BCUT2D eigenvalue weighted by molar-refractivity contribution is 7.77. The monoisotopic (exact) mass is 346 g/mol. The van der Waals surface area contributed by atoms with E-state index in [1.165, 1.54) is 10.6 Å². The van der Waals surface area contributed by atoms with Crippen molar-refractivity contribution < 1.29 is 9.47 Å². The fourth-order valence-corrected chi connectivity index (χ4v) is 4.07. The van der Waals surface area contributed by atoms with Gasteiger partial charge in [-0.2, -0.15) is 0 Å². The topological polar surface area (TPSA) is 18.5 Å². The third kappa shape index (κ3) is 4.41. The Hall–Kier alpha value is -2.75. The number of benzene rings is 3. The lowest BCUT2D eigenvalue weighted by atomic mass is 10.2. The lowest BCUT2D eigenvalue weighted by Crippen LogP contribution is -2.10. The van der Waals surface area contributed by atoms with Crippen LogP contribution in [0.25, 0.3) is 0 Å². The predicted octanol–water partition coefficient (Wildman–Crippen LogP) is 4.15. The van der Waals surface area contributed by atoms with Crippen LogP contribution in [0.5, 0.6) is 11.5 Å². The zero-order valence-corrected chi connectivity index (χ0v) is 15.2. The molecule has 0 aliphatic carbocycles. The van der Waals surface area contributed by atoms with Crippen LogP contribution in [-0.2, 0) is 0 Å². The summed E-state index contributed by atoms with van der Waals surface area (Å²) >= 11 is 0. The molecule has 3 aromatic rings. The van der Waals surface area contributed by atoms with Crippen molar-refractivity contribution in [1.82, 2.24) is 0 Å². The first-order valence-electron chi connectivity index (χ1n) is 7.95. The molecule has 2 nitrogen and oxygen atoms in total. The molecule has 0 aliphatic rings. The van der Waals surface area contributed by atoms with Crippen LogP contribution >= 0.6 is 7.92 Å². The Bertz CT molecular complexity index is 812. The molecule has 0 spiro atoms. The molecule has 0 N–H and O–H groups in total. The third-order valence-electron chi connectivity index (χ3n) is 3.75. The molecule has 0 saturated carbocycles. The summed E-state index contributed by atoms with van der Waals surface area (Å²) in [4.78, 5) is 0. The molecule has 0 radical (unpaired) electrons. The van der Waals surface area contributed by atoms with Crippen LogP contribution in [0.15, 0.2) is 78.9 Å². The fraction of sp³-hybridized carbons (Fsp3) is 0.0909. The van der Waals surface area contributed by atoms with Crippen molar-refractivity contribution in [3.63, 3.8) is 0 Å². The normalized spacial score (nSPS) is 10.0. The highest BCUT2D eigenvalue weighted by atomic mass is 31.1. The van der Waals surface area contributed by atoms with Crippen molar-refractivity contribution in [2.24, 2.45) is 0 Å². The average molecular weight is 346 g/mol. The lowest BCUT2D eigenvalue weighted by Gasteiger charge is -2.13. The first-order valence-corrected chi connectivity index (χ1v) is 9.29. The minimum atomic E-state index is -0.782. The van der Waals surface area contributed by atoms with E-state index < -0.39 is 7.92 Å². The van der Waals surface area contributed by atoms with Crippen molar-refractivity contribution in [3.05, 3.63) is 84.4 Å². The van der Waals surface area contributed by atoms with Gasteiger partial charge in [0, 0.05) is 13.5 Å². The summed E-state index contributed by atoms with van der Waals surface area (Å²) in [6, 6.07) is 26.4. The number of methoxy groups -OCH3 is 2. The molecule has 0 unspecified atom stereocenters. The van der Waals surface area contributed by atoms with Crippen molar-refractivity contribution >= 4 is 18.5 Å². The summed E-state index contributed by atoms with van der Waals surface area (Å²) in [5, 5.41) is 2.40. The average Bonchev–Trinajstić information content (AvgIpc) is 2.70. The van der Waals surface area contributed by atoms with E-state index in [1.54, 1.807) is 14.2 Å². The van der Waals surface area contributed by atoms with Crippen LogP contribution in [0.1, 0.15) is 5.56 Å². The molecular formula is C22H19O2P. The maximum atomic E-state index is 5.27. The second kappa shape index (κ2) is 8.38. The number of hydrogen-bond acceptors (Lipinski definition) is 2. The van der Waals surface area contributed by atoms with Gasteiger partial charge < -0.3 is 9.47 Å². The van der Waals surface area contributed by atoms with Gasteiger partial charge in [-0.15, -0.1) is 0 Å². The van der Waals surface area contributed by atoms with E-state index in [1.807, 2.05) is 54.6 Å². The molecule has 3 aromatic carbocycles. The van der Waals surface area contributed by atoms with E-state index in [4.69, 9.17) is 9.47 Å². The van der Waals surface area contributed by atoms with E-state index >= 15 is 0 Å². The van der Waals surface area contributed by atoms with Crippen LogP contribution in [-0.4, -0.2) is 14.2 Å². The number of hydrogen-bond donors (Lipinski definition) is 0. The van der Waals surface area contributed by atoms with E-state index in [0.717, 1.165) is 17.1 Å². The Labute approximate surface area is 150 Å². The van der Waals surface area contributed by atoms with Crippen molar-refractivity contribution in [2.45, 2.75) is 0 Å². The molecule has 0 aromatic heterocycles. The third-order valence-corrected chi connectivity index (χ3v) is 5.71. The van der Waals surface area contributed by atoms with E-state index in [9.17, 15) is 0 Å². The van der Waals surface area contributed by atoms with Gasteiger partial charge in [-0.05, 0) is 71.3 Å². The number of ether oxygens (including phenoxy) is 2. The molecule has 0 aliphatic heterocycles. The van der Waals surface area contributed by atoms with Gasteiger partial charge in [0.1, 0.15) is 11.5 Å². The van der Waals surface area contributed by atoms with Crippen LogP contribution < -0.4 is 20.1 Å². The smallest absolute Gasteiger partial charge is 0.118 e. The Balaban J connectivity index is 1.99. The van der Waals surface area contributed by atoms with Gasteiger partial charge in [-0.1, -0.05) is 29.8 Å². The zero-order valence-electron chi connectivity index (χ0n) is 14.3.